The Kier molecular flexibility index (Phi) is 5.33. The summed E-state index contributed by atoms with van der Waals surface area (Å²) in [5.41, 5.74) is -0.751. The number of carbonyl (C=O) groups excluding carboxylic acids is 2. The predicted octanol–water partition coefficient (Wildman–Crippen LogP) is 2.08. The van der Waals surface area contributed by atoms with Crippen LogP contribution in [0.4, 0.5) is 13.6 Å². The van der Waals surface area contributed by atoms with Crippen LogP contribution in [-0.2, 0) is 9.53 Å². The molecule has 0 aromatic carbocycles. The van der Waals surface area contributed by atoms with Crippen LogP contribution in [0.25, 0.3) is 0 Å². The number of hydrogen-bond donors (Lipinski definition) is 0. The van der Waals surface area contributed by atoms with E-state index in [0.717, 1.165) is 4.90 Å². The zero-order valence-electron chi connectivity index (χ0n) is 9.87. The number of alkyl halides is 2. The molecule has 0 aliphatic heterocycles. The highest BCUT2D eigenvalue weighted by atomic mass is 19.3. The van der Waals surface area contributed by atoms with Crippen LogP contribution in [0.3, 0.4) is 0 Å². The fraction of sp³-hybridized carbons (Fsp3) is 0.800. The molecule has 0 aromatic rings. The second-order valence-electron chi connectivity index (χ2n) is 4.40. The maximum absolute atomic E-state index is 12.5. The molecule has 94 valence electrons. The molecule has 0 rings (SSSR count). The van der Waals surface area contributed by atoms with Crippen molar-refractivity contribution in [3.05, 3.63) is 0 Å². The second kappa shape index (κ2) is 5.77. The lowest BCUT2D eigenvalue weighted by molar-refractivity contribution is -0.110. The maximum atomic E-state index is 12.5. The third kappa shape index (κ3) is 5.04. The van der Waals surface area contributed by atoms with Gasteiger partial charge in [0.05, 0.1) is 0 Å². The van der Waals surface area contributed by atoms with E-state index in [9.17, 15) is 18.4 Å². The van der Waals surface area contributed by atoms with Gasteiger partial charge >= 0.3 is 6.09 Å². The van der Waals surface area contributed by atoms with Crippen LogP contribution in [0.1, 0.15) is 27.2 Å². The minimum Gasteiger partial charge on any atom is -0.444 e. The van der Waals surface area contributed by atoms with Gasteiger partial charge in [-0.05, 0) is 20.8 Å². The molecule has 0 N–H and O–H groups in total. The van der Waals surface area contributed by atoms with Crippen molar-refractivity contribution in [2.24, 2.45) is 0 Å². The summed E-state index contributed by atoms with van der Waals surface area (Å²) in [4.78, 5) is 22.4. The molecule has 0 saturated carbocycles. The molecule has 0 bridgehead atoms. The second-order valence-corrected chi connectivity index (χ2v) is 4.40. The van der Waals surface area contributed by atoms with Crippen molar-refractivity contribution in [1.82, 2.24) is 4.90 Å². The molecular formula is C10H17F2NO3. The topological polar surface area (TPSA) is 46.6 Å². The summed E-state index contributed by atoms with van der Waals surface area (Å²) in [5.74, 6) is 0. The molecule has 1 unspecified atom stereocenters. The largest absolute Gasteiger partial charge is 0.444 e. The monoisotopic (exact) mass is 237 g/mol. The lowest BCUT2D eigenvalue weighted by Crippen LogP contribution is -2.44. The van der Waals surface area contributed by atoms with Gasteiger partial charge in [0.25, 0.3) is 6.43 Å². The Morgan fingerprint density at radius 2 is 1.94 bits per heavy atom. The molecule has 0 heterocycles. The number of amides is 1. The van der Waals surface area contributed by atoms with Gasteiger partial charge in [0, 0.05) is 13.5 Å². The minimum absolute atomic E-state index is 0.359. The van der Waals surface area contributed by atoms with Crippen LogP contribution < -0.4 is 0 Å². The summed E-state index contributed by atoms with van der Waals surface area (Å²) >= 11 is 0. The Bertz CT molecular complexity index is 251. The van der Waals surface area contributed by atoms with E-state index in [-0.39, 0.29) is 0 Å². The van der Waals surface area contributed by atoms with Gasteiger partial charge in [-0.1, -0.05) is 0 Å². The first kappa shape index (κ1) is 14.8. The van der Waals surface area contributed by atoms with Crippen molar-refractivity contribution in [2.45, 2.75) is 45.3 Å². The molecule has 16 heavy (non-hydrogen) atoms. The zero-order valence-corrected chi connectivity index (χ0v) is 9.87. The molecule has 0 saturated heterocycles. The van der Waals surface area contributed by atoms with E-state index in [4.69, 9.17) is 4.74 Å². The fourth-order valence-electron chi connectivity index (χ4n) is 0.998. The standard InChI is InChI=1S/C10H17F2NO3/c1-10(2,3)16-9(15)13(4)7(5-6-14)8(11)12/h6-8H,5H2,1-4H3. The third-order valence-corrected chi connectivity index (χ3v) is 1.81. The number of ether oxygens (including phenoxy) is 1. The van der Waals surface area contributed by atoms with E-state index in [1.54, 1.807) is 20.8 Å². The van der Waals surface area contributed by atoms with Crippen molar-refractivity contribution in [3.8, 4) is 0 Å². The first-order valence-corrected chi connectivity index (χ1v) is 4.86. The molecule has 0 aliphatic rings. The molecule has 0 spiro atoms. The predicted molar refractivity (Wildman–Crippen MR) is 54.5 cm³/mol. The van der Waals surface area contributed by atoms with Gasteiger partial charge in [-0.3, -0.25) is 0 Å². The number of carbonyl (C=O) groups is 2. The molecule has 1 amide bonds. The van der Waals surface area contributed by atoms with Gasteiger partial charge in [0.15, 0.2) is 0 Å². The van der Waals surface area contributed by atoms with Crippen molar-refractivity contribution >= 4 is 12.4 Å². The van der Waals surface area contributed by atoms with Gasteiger partial charge in [-0.15, -0.1) is 0 Å². The Balaban J connectivity index is 4.55. The summed E-state index contributed by atoms with van der Waals surface area (Å²) < 4.78 is 30.0. The molecule has 0 aromatic heterocycles. The Labute approximate surface area is 93.6 Å². The van der Waals surface area contributed by atoms with E-state index in [1.165, 1.54) is 7.05 Å². The molecule has 0 fully saturated rings. The smallest absolute Gasteiger partial charge is 0.410 e. The van der Waals surface area contributed by atoms with Crippen molar-refractivity contribution < 1.29 is 23.1 Å². The number of hydrogen-bond acceptors (Lipinski definition) is 3. The van der Waals surface area contributed by atoms with Crippen LogP contribution >= 0.6 is 0 Å². The number of nitrogens with zero attached hydrogens (tertiary/aromatic N) is 1. The lowest BCUT2D eigenvalue weighted by atomic mass is 10.2. The molecule has 6 heteroatoms. The van der Waals surface area contributed by atoms with E-state index in [2.05, 4.69) is 0 Å². The summed E-state index contributed by atoms with van der Waals surface area (Å²) in [6.07, 6.45) is -3.69. The Morgan fingerprint density at radius 1 is 1.44 bits per heavy atom. The quantitative estimate of drug-likeness (QED) is 0.703. The average molecular weight is 237 g/mol. The maximum Gasteiger partial charge on any atom is 0.410 e. The number of aldehydes is 1. The average Bonchev–Trinajstić information content (AvgIpc) is 2.09. The Hall–Kier alpha value is -1.20. The lowest BCUT2D eigenvalue weighted by Gasteiger charge is -2.29. The van der Waals surface area contributed by atoms with Crippen LogP contribution in [0.15, 0.2) is 0 Å². The van der Waals surface area contributed by atoms with E-state index >= 15 is 0 Å². The van der Waals surface area contributed by atoms with Crippen LogP contribution in [0, 0.1) is 0 Å². The Morgan fingerprint density at radius 3 is 2.25 bits per heavy atom. The summed E-state index contributed by atoms with van der Waals surface area (Å²) in [7, 11) is 1.19. The van der Waals surface area contributed by atoms with E-state index < -0.39 is 30.6 Å². The number of halogens is 2. The van der Waals surface area contributed by atoms with Crippen molar-refractivity contribution in [2.75, 3.05) is 7.05 Å². The van der Waals surface area contributed by atoms with E-state index in [0.29, 0.717) is 6.29 Å². The molecule has 0 radical (unpaired) electrons. The number of rotatable bonds is 4. The van der Waals surface area contributed by atoms with Gasteiger partial charge in [-0.2, -0.15) is 0 Å². The molecule has 1 atom stereocenters. The van der Waals surface area contributed by atoms with Crippen LogP contribution in [-0.4, -0.2) is 42.4 Å². The highest BCUT2D eigenvalue weighted by Gasteiger charge is 2.30. The highest BCUT2D eigenvalue weighted by Crippen LogP contribution is 2.15. The highest BCUT2D eigenvalue weighted by molar-refractivity contribution is 5.69. The summed E-state index contributed by atoms with van der Waals surface area (Å²) in [5, 5.41) is 0. The minimum atomic E-state index is -2.78. The van der Waals surface area contributed by atoms with Gasteiger partial charge in [0.1, 0.15) is 17.9 Å². The normalized spacial score (nSPS) is 13.4. The molecular weight excluding hydrogens is 220 g/mol. The summed E-state index contributed by atoms with van der Waals surface area (Å²) in [6, 6.07) is -1.44. The van der Waals surface area contributed by atoms with Gasteiger partial charge in [0.2, 0.25) is 0 Å². The zero-order chi connectivity index (χ0) is 12.9. The molecule has 4 nitrogen and oxygen atoms in total. The first-order valence-electron chi connectivity index (χ1n) is 4.86. The van der Waals surface area contributed by atoms with Gasteiger partial charge in [-0.25, -0.2) is 13.6 Å². The molecule has 0 aliphatic carbocycles. The van der Waals surface area contributed by atoms with Crippen molar-refractivity contribution in [3.63, 3.8) is 0 Å². The first-order chi connectivity index (χ1) is 7.19. The summed E-state index contributed by atoms with van der Waals surface area (Å²) in [6.45, 7) is 4.90. The van der Waals surface area contributed by atoms with Crippen LogP contribution in [0.5, 0.6) is 0 Å². The SMILES string of the molecule is CN(C(=O)OC(C)(C)C)C(CC=O)C(F)F. The van der Waals surface area contributed by atoms with Crippen LogP contribution in [0.2, 0.25) is 0 Å². The van der Waals surface area contributed by atoms with Gasteiger partial charge < -0.3 is 14.4 Å². The van der Waals surface area contributed by atoms with Crippen molar-refractivity contribution in [1.29, 1.82) is 0 Å². The third-order valence-electron chi connectivity index (χ3n) is 1.81. The van der Waals surface area contributed by atoms with E-state index in [1.807, 2.05) is 0 Å². The fourth-order valence-corrected chi connectivity index (χ4v) is 0.998.